The molecule has 1 aliphatic rings. The highest BCUT2D eigenvalue weighted by Gasteiger charge is 2.12. The van der Waals surface area contributed by atoms with Crippen molar-refractivity contribution in [3.63, 3.8) is 0 Å². The molecule has 0 bridgehead atoms. The maximum absolute atomic E-state index is 10.4. The molecule has 2 rings (SSSR count). The lowest BCUT2D eigenvalue weighted by Crippen LogP contribution is -1.99. The molecule has 0 saturated carbocycles. The van der Waals surface area contributed by atoms with Gasteiger partial charge in [-0.25, -0.2) is 0 Å². The van der Waals surface area contributed by atoms with E-state index < -0.39 is 5.97 Å². The Kier molecular flexibility index (Phi) is 2.45. The van der Waals surface area contributed by atoms with Crippen molar-refractivity contribution < 1.29 is 14.6 Å². The molecule has 0 amide bonds. The Morgan fingerprint density at radius 3 is 3.21 bits per heavy atom. The molecular formula is C10H11NO3. The lowest BCUT2D eigenvalue weighted by atomic mass is 10.1. The number of fused-ring (bicyclic) bond motifs is 1. The van der Waals surface area contributed by atoms with E-state index in [9.17, 15) is 4.79 Å². The SMILES string of the molecule is O=C(O)CCc1cnc2c(c1)COC2. The number of pyridine rings is 1. The fourth-order valence-electron chi connectivity index (χ4n) is 1.49. The van der Waals surface area contributed by atoms with Gasteiger partial charge in [-0.1, -0.05) is 6.07 Å². The highest BCUT2D eigenvalue weighted by Crippen LogP contribution is 2.18. The van der Waals surface area contributed by atoms with Crippen LogP contribution in [0, 0.1) is 0 Å². The quantitative estimate of drug-likeness (QED) is 0.781. The zero-order chi connectivity index (χ0) is 9.97. The molecule has 0 radical (unpaired) electrons. The minimum Gasteiger partial charge on any atom is -0.481 e. The highest BCUT2D eigenvalue weighted by molar-refractivity contribution is 5.67. The lowest BCUT2D eigenvalue weighted by Gasteiger charge is -2.00. The van der Waals surface area contributed by atoms with Gasteiger partial charge in [0.1, 0.15) is 0 Å². The maximum Gasteiger partial charge on any atom is 0.303 e. The van der Waals surface area contributed by atoms with Crippen LogP contribution in [0.3, 0.4) is 0 Å². The first-order valence-electron chi connectivity index (χ1n) is 4.52. The predicted molar refractivity (Wildman–Crippen MR) is 48.7 cm³/mol. The third kappa shape index (κ3) is 1.90. The second-order valence-corrected chi connectivity index (χ2v) is 3.34. The number of hydrogen-bond donors (Lipinski definition) is 1. The number of carbonyl (C=O) groups is 1. The van der Waals surface area contributed by atoms with Gasteiger partial charge in [0.05, 0.1) is 18.9 Å². The number of aliphatic carboxylic acids is 1. The van der Waals surface area contributed by atoms with Crippen LogP contribution in [0.25, 0.3) is 0 Å². The van der Waals surface area contributed by atoms with Crippen LogP contribution < -0.4 is 0 Å². The van der Waals surface area contributed by atoms with Gasteiger partial charge in [0.2, 0.25) is 0 Å². The molecule has 4 heteroatoms. The standard InChI is InChI=1S/C10H11NO3/c12-10(13)2-1-7-3-8-5-14-6-9(8)11-4-7/h3-4H,1-2,5-6H2,(H,12,13). The van der Waals surface area contributed by atoms with Crippen LogP contribution in [-0.2, 0) is 29.2 Å². The Balaban J connectivity index is 2.09. The van der Waals surface area contributed by atoms with Gasteiger partial charge in [-0.05, 0) is 12.0 Å². The Hall–Kier alpha value is -1.42. The van der Waals surface area contributed by atoms with Gasteiger partial charge in [-0.3, -0.25) is 9.78 Å². The van der Waals surface area contributed by atoms with E-state index in [1.165, 1.54) is 0 Å². The molecule has 1 aromatic heterocycles. The minimum absolute atomic E-state index is 0.154. The number of hydrogen-bond acceptors (Lipinski definition) is 3. The molecule has 2 heterocycles. The molecule has 0 saturated heterocycles. The van der Waals surface area contributed by atoms with E-state index in [1.807, 2.05) is 6.07 Å². The molecule has 1 aromatic rings. The van der Waals surface area contributed by atoms with E-state index in [0.29, 0.717) is 19.6 Å². The van der Waals surface area contributed by atoms with E-state index in [-0.39, 0.29) is 6.42 Å². The van der Waals surface area contributed by atoms with Gasteiger partial charge in [-0.15, -0.1) is 0 Å². The van der Waals surface area contributed by atoms with Crippen molar-refractivity contribution in [3.8, 4) is 0 Å². The molecule has 0 atom stereocenters. The summed E-state index contributed by atoms with van der Waals surface area (Å²) in [7, 11) is 0. The topological polar surface area (TPSA) is 59.4 Å². The van der Waals surface area contributed by atoms with Crippen LogP contribution in [0.15, 0.2) is 12.3 Å². The monoisotopic (exact) mass is 193 g/mol. The number of aromatic nitrogens is 1. The number of carboxylic acids is 1. The molecule has 1 aliphatic heterocycles. The van der Waals surface area contributed by atoms with E-state index in [0.717, 1.165) is 16.8 Å². The summed E-state index contributed by atoms with van der Waals surface area (Å²) in [6.07, 6.45) is 2.42. The molecule has 0 fully saturated rings. The van der Waals surface area contributed by atoms with Gasteiger partial charge in [0.15, 0.2) is 0 Å². The number of nitrogens with zero attached hydrogens (tertiary/aromatic N) is 1. The fourth-order valence-corrected chi connectivity index (χ4v) is 1.49. The van der Waals surface area contributed by atoms with E-state index >= 15 is 0 Å². The number of carboxylic acid groups (broad SMARTS) is 1. The molecule has 0 aliphatic carbocycles. The van der Waals surface area contributed by atoms with E-state index in [1.54, 1.807) is 6.20 Å². The van der Waals surface area contributed by atoms with Gasteiger partial charge in [-0.2, -0.15) is 0 Å². The summed E-state index contributed by atoms with van der Waals surface area (Å²) in [5, 5.41) is 8.52. The molecule has 1 N–H and O–H groups in total. The summed E-state index contributed by atoms with van der Waals surface area (Å²) >= 11 is 0. The molecule has 0 spiro atoms. The first-order valence-corrected chi connectivity index (χ1v) is 4.52. The van der Waals surface area contributed by atoms with E-state index in [4.69, 9.17) is 9.84 Å². The Morgan fingerprint density at radius 2 is 2.43 bits per heavy atom. The number of rotatable bonds is 3. The Bertz CT molecular complexity index is 362. The first-order chi connectivity index (χ1) is 6.75. The number of aryl methyl sites for hydroxylation is 1. The average molecular weight is 193 g/mol. The van der Waals surface area contributed by atoms with Crippen LogP contribution in [0.2, 0.25) is 0 Å². The highest BCUT2D eigenvalue weighted by atomic mass is 16.5. The van der Waals surface area contributed by atoms with Crippen LogP contribution >= 0.6 is 0 Å². The number of ether oxygens (including phenoxy) is 1. The van der Waals surface area contributed by atoms with Crippen LogP contribution in [0.5, 0.6) is 0 Å². The zero-order valence-electron chi connectivity index (χ0n) is 7.69. The van der Waals surface area contributed by atoms with E-state index in [2.05, 4.69) is 4.98 Å². The largest absolute Gasteiger partial charge is 0.481 e. The van der Waals surface area contributed by atoms with Crippen molar-refractivity contribution in [1.29, 1.82) is 0 Å². The normalized spacial score (nSPS) is 14.0. The van der Waals surface area contributed by atoms with Gasteiger partial charge in [0, 0.05) is 18.2 Å². The molecular weight excluding hydrogens is 182 g/mol. The zero-order valence-corrected chi connectivity index (χ0v) is 7.69. The summed E-state index contributed by atoms with van der Waals surface area (Å²) < 4.78 is 5.22. The van der Waals surface area contributed by atoms with Gasteiger partial charge < -0.3 is 9.84 Å². The average Bonchev–Trinajstić information content (AvgIpc) is 2.61. The molecule has 4 nitrogen and oxygen atoms in total. The molecule has 0 unspecified atom stereocenters. The van der Waals surface area contributed by atoms with Crippen molar-refractivity contribution >= 4 is 5.97 Å². The van der Waals surface area contributed by atoms with Crippen molar-refractivity contribution in [2.45, 2.75) is 26.1 Å². The van der Waals surface area contributed by atoms with Crippen LogP contribution in [0.1, 0.15) is 23.2 Å². The molecule has 14 heavy (non-hydrogen) atoms. The summed E-state index contributed by atoms with van der Waals surface area (Å²) in [6, 6.07) is 1.98. The van der Waals surface area contributed by atoms with Crippen molar-refractivity contribution in [2.24, 2.45) is 0 Å². The maximum atomic E-state index is 10.4. The van der Waals surface area contributed by atoms with Crippen LogP contribution in [0.4, 0.5) is 0 Å². The second-order valence-electron chi connectivity index (χ2n) is 3.34. The van der Waals surface area contributed by atoms with Gasteiger partial charge in [0.25, 0.3) is 0 Å². The summed E-state index contributed by atoms with van der Waals surface area (Å²) in [5.74, 6) is -0.776. The first kappa shape index (κ1) is 9.15. The third-order valence-corrected chi connectivity index (χ3v) is 2.24. The summed E-state index contributed by atoms with van der Waals surface area (Å²) in [6.45, 7) is 1.18. The smallest absolute Gasteiger partial charge is 0.303 e. The molecule has 74 valence electrons. The fraction of sp³-hybridized carbons (Fsp3) is 0.400. The summed E-state index contributed by atoms with van der Waals surface area (Å²) in [4.78, 5) is 14.6. The Labute approximate surface area is 81.5 Å². The lowest BCUT2D eigenvalue weighted by molar-refractivity contribution is -0.136. The molecule has 0 aromatic carbocycles. The minimum atomic E-state index is -0.776. The van der Waals surface area contributed by atoms with Gasteiger partial charge >= 0.3 is 5.97 Å². The predicted octanol–water partition coefficient (Wildman–Crippen LogP) is 1.13. The van der Waals surface area contributed by atoms with Crippen molar-refractivity contribution in [3.05, 3.63) is 29.1 Å². The van der Waals surface area contributed by atoms with Crippen molar-refractivity contribution in [2.75, 3.05) is 0 Å². The third-order valence-electron chi connectivity index (χ3n) is 2.24. The van der Waals surface area contributed by atoms with Crippen LogP contribution in [-0.4, -0.2) is 16.1 Å². The Morgan fingerprint density at radius 1 is 1.57 bits per heavy atom. The summed E-state index contributed by atoms with van der Waals surface area (Å²) in [5.41, 5.74) is 3.04. The second kappa shape index (κ2) is 3.75. The van der Waals surface area contributed by atoms with Crippen molar-refractivity contribution in [1.82, 2.24) is 4.98 Å².